The minimum absolute atomic E-state index is 0.0526. The van der Waals surface area contributed by atoms with Crippen LogP contribution in [0.25, 0.3) is 0 Å². The Morgan fingerprint density at radius 2 is 0.618 bits per heavy atom. The van der Waals surface area contributed by atoms with E-state index in [2.05, 4.69) is 88.4 Å². The lowest BCUT2D eigenvalue weighted by Gasteiger charge is -2.43. The van der Waals surface area contributed by atoms with E-state index in [0.29, 0.717) is 119 Å². The largest absolute Gasteiger partial charge is 0.405 e. The lowest BCUT2D eigenvalue weighted by molar-refractivity contribution is -0.0254. The van der Waals surface area contributed by atoms with Crippen LogP contribution in [0.1, 0.15) is 79.1 Å². The Morgan fingerprint density at radius 3 is 0.927 bits per heavy atom. The van der Waals surface area contributed by atoms with Crippen molar-refractivity contribution in [1.82, 2.24) is 0 Å². The van der Waals surface area contributed by atoms with Gasteiger partial charge in [-0.05, 0) is 21.8 Å². The van der Waals surface area contributed by atoms with Crippen LogP contribution in [0, 0.1) is 0 Å². The highest BCUT2D eigenvalue weighted by Gasteiger charge is 2.50. The average molecular weight is 793 g/mol. The van der Waals surface area contributed by atoms with Crippen molar-refractivity contribution in [2.24, 2.45) is 0 Å². The van der Waals surface area contributed by atoms with Gasteiger partial charge >= 0.3 is 0 Å². The van der Waals surface area contributed by atoms with Gasteiger partial charge in [0.15, 0.2) is 0 Å². The summed E-state index contributed by atoms with van der Waals surface area (Å²) in [6.07, 6.45) is 10.5. The van der Waals surface area contributed by atoms with Gasteiger partial charge in [0, 0.05) is 6.61 Å². The summed E-state index contributed by atoms with van der Waals surface area (Å²) < 4.78 is 57.4. The van der Waals surface area contributed by atoms with Gasteiger partial charge in [0.2, 0.25) is 0 Å². The Morgan fingerprint density at radius 1 is 0.345 bits per heavy atom. The fraction of sp³-hybridized carbons (Fsp3) is 0.727. The molecule has 0 radical (unpaired) electrons. The van der Waals surface area contributed by atoms with Gasteiger partial charge in [0.05, 0.1) is 119 Å². The highest BCUT2D eigenvalue weighted by Crippen LogP contribution is 2.36. The Balaban J connectivity index is 1.29. The molecule has 0 unspecified atom stereocenters. The molecule has 0 bridgehead atoms. The molecule has 10 nitrogen and oxygen atoms in total. The molecule has 0 saturated heterocycles. The lowest BCUT2D eigenvalue weighted by Crippen LogP contribution is -2.66. The van der Waals surface area contributed by atoms with Gasteiger partial charge in [0.1, 0.15) is 0 Å². The first-order valence-electron chi connectivity index (χ1n) is 21.0. The van der Waals surface area contributed by atoms with E-state index < -0.39 is 8.32 Å². The van der Waals surface area contributed by atoms with Gasteiger partial charge in [-0.2, -0.15) is 0 Å². The zero-order valence-corrected chi connectivity index (χ0v) is 35.9. The third-order valence-electron chi connectivity index (χ3n) is 9.08. The van der Waals surface area contributed by atoms with Crippen molar-refractivity contribution >= 4 is 18.7 Å². The molecular formula is C44H76O10Si. The topological polar surface area (TPSA) is 92.3 Å². The van der Waals surface area contributed by atoms with E-state index in [0.717, 1.165) is 13.0 Å². The number of rotatable bonds is 39. The number of hydrogen-bond donors (Lipinski definition) is 0. The van der Waals surface area contributed by atoms with E-state index in [1.165, 1.54) is 55.3 Å². The van der Waals surface area contributed by atoms with Crippen LogP contribution >= 0.6 is 0 Å². The molecule has 2 rings (SSSR count). The molecule has 0 aliphatic heterocycles. The molecule has 0 heterocycles. The summed E-state index contributed by atoms with van der Waals surface area (Å²) in [6.45, 7) is 19.6. The first-order chi connectivity index (χ1) is 27.0. The van der Waals surface area contributed by atoms with Gasteiger partial charge in [-0.3, -0.25) is 0 Å². The van der Waals surface area contributed by atoms with Crippen LogP contribution < -0.4 is 10.4 Å². The first-order valence-corrected chi connectivity index (χ1v) is 22.9. The minimum Gasteiger partial charge on any atom is -0.405 e. The summed E-state index contributed by atoms with van der Waals surface area (Å²) >= 11 is 0. The molecule has 0 amide bonds. The van der Waals surface area contributed by atoms with E-state index in [4.69, 9.17) is 47.1 Å². The average Bonchev–Trinajstić information content (AvgIpc) is 3.19. The second-order valence-electron chi connectivity index (χ2n) is 14.5. The second-order valence-corrected chi connectivity index (χ2v) is 18.8. The van der Waals surface area contributed by atoms with E-state index in [-0.39, 0.29) is 5.04 Å². The Bertz CT molecular complexity index is 1050. The standard InChI is InChI=1S/C44H76O10Si/c1-5-6-7-8-9-10-11-18-23-45-24-25-46-26-27-47-28-29-48-30-31-49-32-33-50-34-35-51-36-37-52-38-39-53-40-41-54-55(44(2,3)4,42-19-14-12-15-20-42)43-21-16-13-17-22-43/h12-17,19-22H,5-11,18,23-41H2,1-4H3. The number of unbranched alkanes of at least 4 members (excludes halogenated alkanes) is 7. The third kappa shape index (κ3) is 23.9. The van der Waals surface area contributed by atoms with Crippen molar-refractivity contribution in [3.63, 3.8) is 0 Å². The Kier molecular flexibility index (Phi) is 30.8. The molecule has 55 heavy (non-hydrogen) atoms. The van der Waals surface area contributed by atoms with Gasteiger partial charge in [-0.25, -0.2) is 0 Å². The predicted octanol–water partition coefficient (Wildman–Crippen LogP) is 6.85. The maximum Gasteiger partial charge on any atom is 0.261 e. The highest BCUT2D eigenvalue weighted by molar-refractivity contribution is 6.99. The molecule has 0 atom stereocenters. The van der Waals surface area contributed by atoms with Crippen LogP contribution in [0.3, 0.4) is 0 Å². The molecule has 11 heteroatoms. The van der Waals surface area contributed by atoms with E-state index in [9.17, 15) is 0 Å². The van der Waals surface area contributed by atoms with Crippen LogP contribution in [0.5, 0.6) is 0 Å². The Hall–Kier alpha value is -1.74. The Labute approximate surface area is 335 Å². The van der Waals surface area contributed by atoms with Crippen LogP contribution in [-0.2, 0) is 47.1 Å². The molecule has 0 N–H and O–H groups in total. The van der Waals surface area contributed by atoms with E-state index >= 15 is 0 Å². The fourth-order valence-electron chi connectivity index (χ4n) is 6.21. The van der Waals surface area contributed by atoms with Crippen molar-refractivity contribution < 1.29 is 47.1 Å². The van der Waals surface area contributed by atoms with Crippen molar-refractivity contribution in [3.8, 4) is 0 Å². The monoisotopic (exact) mass is 793 g/mol. The summed E-state index contributed by atoms with van der Waals surface area (Å²) in [6, 6.07) is 21.3. The van der Waals surface area contributed by atoms with Crippen molar-refractivity contribution in [3.05, 3.63) is 60.7 Å². The van der Waals surface area contributed by atoms with Crippen LogP contribution in [-0.4, -0.2) is 134 Å². The number of ether oxygens (including phenoxy) is 9. The zero-order chi connectivity index (χ0) is 39.4. The SMILES string of the molecule is CCCCCCCCCCOCCOCCOCCOCCOCCOCCOCCOCCOCCO[Si](c1ccccc1)(c1ccccc1)C(C)(C)C. The predicted molar refractivity (Wildman–Crippen MR) is 224 cm³/mol. The van der Waals surface area contributed by atoms with E-state index in [1.807, 2.05) is 0 Å². The van der Waals surface area contributed by atoms with Crippen molar-refractivity contribution in [1.29, 1.82) is 0 Å². The normalized spacial score (nSPS) is 12.1. The summed E-state index contributed by atoms with van der Waals surface area (Å²) in [7, 11) is -2.54. The quantitative estimate of drug-likeness (QED) is 0.0529. The molecule has 2 aromatic rings. The summed E-state index contributed by atoms with van der Waals surface area (Å²) in [4.78, 5) is 0. The zero-order valence-electron chi connectivity index (χ0n) is 34.9. The maximum absolute atomic E-state index is 6.86. The van der Waals surface area contributed by atoms with Gasteiger partial charge in [-0.15, -0.1) is 0 Å². The van der Waals surface area contributed by atoms with Gasteiger partial charge < -0.3 is 47.1 Å². The second kappa shape index (κ2) is 34.3. The summed E-state index contributed by atoms with van der Waals surface area (Å²) in [5, 5.41) is 2.49. The molecule has 2 aromatic carbocycles. The van der Waals surface area contributed by atoms with Crippen molar-refractivity contribution in [2.75, 3.05) is 126 Å². The molecule has 0 saturated carbocycles. The molecule has 0 aliphatic carbocycles. The van der Waals surface area contributed by atoms with Crippen LogP contribution in [0.15, 0.2) is 60.7 Å². The number of hydrogen-bond acceptors (Lipinski definition) is 10. The smallest absolute Gasteiger partial charge is 0.261 e. The summed E-state index contributed by atoms with van der Waals surface area (Å²) in [5.41, 5.74) is 0. The van der Waals surface area contributed by atoms with Gasteiger partial charge in [-0.1, -0.05) is 133 Å². The maximum atomic E-state index is 6.86. The summed E-state index contributed by atoms with van der Waals surface area (Å²) in [5.74, 6) is 0. The molecule has 316 valence electrons. The van der Waals surface area contributed by atoms with Gasteiger partial charge in [0.25, 0.3) is 8.32 Å². The van der Waals surface area contributed by atoms with Crippen molar-refractivity contribution in [2.45, 2.75) is 84.1 Å². The lowest BCUT2D eigenvalue weighted by atomic mass is 10.1. The van der Waals surface area contributed by atoms with Crippen LogP contribution in [0.4, 0.5) is 0 Å². The van der Waals surface area contributed by atoms with E-state index in [1.54, 1.807) is 0 Å². The molecule has 0 aromatic heterocycles. The third-order valence-corrected chi connectivity index (χ3v) is 14.1. The number of benzene rings is 2. The molecule has 0 fully saturated rings. The molecule has 0 spiro atoms. The fourth-order valence-corrected chi connectivity index (χ4v) is 10.8. The minimum atomic E-state index is -2.54. The highest BCUT2D eigenvalue weighted by atomic mass is 28.4. The first kappa shape index (κ1) is 49.4. The molecule has 0 aliphatic rings. The van der Waals surface area contributed by atoms with Crippen LogP contribution in [0.2, 0.25) is 5.04 Å². The molecular weight excluding hydrogens is 717 g/mol.